The quantitative estimate of drug-likeness (QED) is 0.0487. The largest absolute Gasteiger partial charge is 0.506 e. The zero-order valence-electron chi connectivity index (χ0n) is 39.3. The summed E-state index contributed by atoms with van der Waals surface area (Å²) in [4.78, 5) is 66.5. The summed E-state index contributed by atoms with van der Waals surface area (Å²) in [6.07, 6.45) is -3.73. The van der Waals surface area contributed by atoms with Gasteiger partial charge in [-0.1, -0.05) is 49.2 Å². The van der Waals surface area contributed by atoms with Gasteiger partial charge < -0.3 is 50.0 Å². The lowest BCUT2D eigenvalue weighted by atomic mass is 9.89. The molecule has 3 aromatic rings. The smallest absolute Gasteiger partial charge is 0.490 e. The van der Waals surface area contributed by atoms with Gasteiger partial charge in [-0.05, 0) is 74.8 Å². The lowest BCUT2D eigenvalue weighted by Gasteiger charge is -2.47. The van der Waals surface area contributed by atoms with Crippen LogP contribution in [0.3, 0.4) is 0 Å². The maximum atomic E-state index is 13.3. The molecule has 3 aliphatic heterocycles. The van der Waals surface area contributed by atoms with Gasteiger partial charge >= 0.3 is 24.3 Å². The van der Waals surface area contributed by atoms with Gasteiger partial charge in [0, 0.05) is 56.2 Å². The molecule has 3 amide bonds. The summed E-state index contributed by atoms with van der Waals surface area (Å²) in [5.74, 6) is -5.26. The molecule has 71 heavy (non-hydrogen) atoms. The summed E-state index contributed by atoms with van der Waals surface area (Å²) in [7, 11) is 0. The molecular formula is C46H59ClF6N6O11S. The maximum Gasteiger partial charge on any atom is 0.490 e. The summed E-state index contributed by atoms with van der Waals surface area (Å²) in [5, 5.41) is 34.1. The van der Waals surface area contributed by atoms with Crippen molar-refractivity contribution < 1.29 is 79.8 Å². The number of aromatic hydroxyl groups is 1. The number of likely N-dealkylation sites (N-methyl/N-ethyl adjacent to an activating group) is 1. The van der Waals surface area contributed by atoms with E-state index in [1.54, 1.807) is 23.5 Å². The number of fused-ring (bicyclic) bond motifs is 1. The predicted octanol–water partition coefficient (Wildman–Crippen LogP) is 6.58. The number of ether oxygens (including phenoxy) is 3. The number of phenols is 1. The number of carboxylic acid groups (broad SMARTS) is 2. The first-order valence-electron chi connectivity index (χ1n) is 22.9. The number of phenolic OH excluding ortho intramolecular Hbond substituents is 1. The van der Waals surface area contributed by atoms with E-state index >= 15 is 0 Å². The number of carbonyl (C=O) groups is 5. The monoisotopic (exact) mass is 1050 g/mol. The van der Waals surface area contributed by atoms with Gasteiger partial charge in [0.15, 0.2) is 12.4 Å². The first-order valence-corrected chi connectivity index (χ1v) is 24.1. The second-order valence-electron chi connectivity index (χ2n) is 16.6. The summed E-state index contributed by atoms with van der Waals surface area (Å²) in [6.45, 7) is 11.5. The molecule has 25 heteroatoms. The Balaban J connectivity index is 0.000000683. The van der Waals surface area contributed by atoms with Crippen LogP contribution in [0, 0.1) is 0 Å². The Kier molecular flexibility index (Phi) is 22.6. The van der Waals surface area contributed by atoms with Gasteiger partial charge in [0.1, 0.15) is 17.1 Å². The van der Waals surface area contributed by atoms with Gasteiger partial charge in [-0.3, -0.25) is 19.3 Å². The number of alkyl halides is 6. The van der Waals surface area contributed by atoms with E-state index in [0.717, 1.165) is 78.5 Å². The number of benzene rings is 2. The number of morpholine rings is 1. The summed E-state index contributed by atoms with van der Waals surface area (Å²) < 4.78 is 81.3. The van der Waals surface area contributed by atoms with Crippen LogP contribution in [0.25, 0.3) is 0 Å². The van der Waals surface area contributed by atoms with Crippen molar-refractivity contribution in [1.82, 2.24) is 25.0 Å². The van der Waals surface area contributed by atoms with Crippen LogP contribution >= 0.6 is 22.9 Å². The number of nitrogens with one attached hydrogen (secondary N) is 2. The van der Waals surface area contributed by atoms with Crippen LogP contribution < -0.4 is 15.4 Å². The van der Waals surface area contributed by atoms with Gasteiger partial charge in [-0.25, -0.2) is 14.6 Å². The third-order valence-corrected chi connectivity index (χ3v) is 12.9. The zero-order valence-corrected chi connectivity index (χ0v) is 40.8. The van der Waals surface area contributed by atoms with E-state index < -0.39 is 24.3 Å². The number of hydrogen-bond donors (Lipinski definition) is 5. The fourth-order valence-corrected chi connectivity index (χ4v) is 8.77. The Morgan fingerprint density at radius 2 is 1.62 bits per heavy atom. The van der Waals surface area contributed by atoms with E-state index in [4.69, 9.17) is 45.6 Å². The number of carboxylic acids is 2. The third-order valence-electron chi connectivity index (χ3n) is 11.5. The van der Waals surface area contributed by atoms with Gasteiger partial charge in [0.25, 0.3) is 11.8 Å². The minimum Gasteiger partial charge on any atom is -0.506 e. The number of aryl methyl sites for hydroxylation is 1. The fourth-order valence-electron chi connectivity index (χ4n) is 7.68. The fraction of sp³-hybridized carbons (Fsp3) is 0.565. The lowest BCUT2D eigenvalue weighted by Crippen LogP contribution is -2.58. The van der Waals surface area contributed by atoms with Crippen LogP contribution in [0.4, 0.5) is 32.0 Å². The second kappa shape index (κ2) is 27.5. The van der Waals surface area contributed by atoms with Gasteiger partial charge in [-0.2, -0.15) is 26.3 Å². The van der Waals surface area contributed by atoms with Crippen molar-refractivity contribution in [3.05, 3.63) is 68.1 Å². The second-order valence-corrected chi connectivity index (χ2v) is 18.0. The molecule has 2 fully saturated rings. The first-order chi connectivity index (χ1) is 33.6. The number of carbonyl (C=O) groups excluding carboxylic acids is 3. The third kappa shape index (κ3) is 18.4. The number of amides is 3. The van der Waals surface area contributed by atoms with E-state index in [-0.39, 0.29) is 35.7 Å². The molecule has 0 saturated carbocycles. The highest BCUT2D eigenvalue weighted by atomic mass is 35.5. The number of unbranched alkanes of at least 4 members (excludes halogenated alkanes) is 1. The van der Waals surface area contributed by atoms with Crippen LogP contribution in [0.15, 0.2) is 35.7 Å². The molecule has 1 aromatic heterocycles. The molecule has 0 unspecified atom stereocenters. The Bertz CT molecular complexity index is 2240. The number of thiazole rings is 1. The van der Waals surface area contributed by atoms with Gasteiger partial charge in [0.05, 0.1) is 43.4 Å². The molecular weight excluding hydrogens is 994 g/mol. The molecule has 0 bridgehead atoms. The van der Waals surface area contributed by atoms with Crippen molar-refractivity contribution in [2.75, 3.05) is 84.1 Å². The Hall–Kier alpha value is -5.27. The number of piperidine rings is 1. The van der Waals surface area contributed by atoms with E-state index in [1.165, 1.54) is 0 Å². The van der Waals surface area contributed by atoms with Crippen LogP contribution in [-0.4, -0.2) is 161 Å². The number of rotatable bonds is 19. The molecule has 0 aliphatic carbocycles. The first kappa shape index (κ1) is 58.3. The minimum atomic E-state index is -5.08. The summed E-state index contributed by atoms with van der Waals surface area (Å²) >= 11 is 8.51. The maximum absolute atomic E-state index is 13.3. The minimum absolute atomic E-state index is 0.0133. The highest BCUT2D eigenvalue weighted by Gasteiger charge is 2.42. The number of nitrogens with zero attached hydrogens (tertiary/aromatic N) is 4. The van der Waals surface area contributed by atoms with Gasteiger partial charge in [0.2, 0.25) is 5.91 Å². The molecule has 2 aromatic carbocycles. The van der Waals surface area contributed by atoms with E-state index in [9.17, 15) is 45.8 Å². The van der Waals surface area contributed by atoms with E-state index in [0.29, 0.717) is 95.5 Å². The van der Waals surface area contributed by atoms with E-state index in [2.05, 4.69) is 33.5 Å². The molecule has 394 valence electrons. The molecule has 17 nitrogen and oxygen atoms in total. The molecule has 1 spiro atoms. The number of aliphatic carboxylic acids is 2. The van der Waals surface area contributed by atoms with Crippen molar-refractivity contribution in [2.24, 2.45) is 0 Å². The van der Waals surface area contributed by atoms with Crippen LogP contribution in [0.5, 0.6) is 11.5 Å². The Morgan fingerprint density at radius 1 is 0.944 bits per heavy atom. The molecule has 2 saturated heterocycles. The highest BCUT2D eigenvalue weighted by molar-refractivity contribution is 7.09. The average Bonchev–Trinajstić information content (AvgIpc) is 3.80. The number of anilines is 1. The van der Waals surface area contributed by atoms with Crippen molar-refractivity contribution >= 4 is 58.3 Å². The highest BCUT2D eigenvalue weighted by Crippen LogP contribution is 2.39. The summed E-state index contributed by atoms with van der Waals surface area (Å²) in [6, 6.07) is 9.52. The summed E-state index contributed by atoms with van der Waals surface area (Å²) in [5.41, 5.74) is 3.56. The number of aromatic nitrogens is 1. The van der Waals surface area contributed by atoms with Crippen LogP contribution in [-0.2, 0) is 54.5 Å². The van der Waals surface area contributed by atoms with Gasteiger partial charge in [-0.15, -0.1) is 11.3 Å². The van der Waals surface area contributed by atoms with Crippen molar-refractivity contribution in [3.8, 4) is 11.5 Å². The number of likely N-dealkylation sites (tertiary alicyclic amines) is 1. The van der Waals surface area contributed by atoms with Crippen molar-refractivity contribution in [3.63, 3.8) is 0 Å². The molecule has 6 rings (SSSR count). The number of halogens is 7. The standard InChI is InChI=1S/C42H57ClN6O7S.2C2HF3O2/c1-3-5-9-36-45-33(28-57-36)41(53)49-22-25-56-42(29-49)15-19-47(20-16-42)26-32-8-6-7-30(38(32)43)13-23-54-24-14-37(52)48(4-2)21-18-44-17-12-31-10-11-34(50)39-40(31)55-27-35(51)46-39;2*3-2(4,5)1(6)7/h6-8,10-11,28,44,50H,3-5,9,12-27,29H2,1-2H3,(H,46,51);2*(H,6,7). The SMILES string of the molecule is CCCCc1nc(C(=O)N2CCOC3(CCN(Cc4cccc(CCOCCC(=O)N(CC)CCNCCc5ccc(O)c6c5OCC(=O)N6)c4Cl)CC3)C2)cs1.O=C(O)C(F)(F)F.O=C(O)C(F)(F)F. The zero-order chi connectivity index (χ0) is 52.4. The molecule has 0 radical (unpaired) electrons. The van der Waals surface area contributed by atoms with Crippen molar-refractivity contribution in [2.45, 2.75) is 89.7 Å². The predicted molar refractivity (Wildman–Crippen MR) is 249 cm³/mol. The van der Waals surface area contributed by atoms with Crippen molar-refractivity contribution in [1.29, 1.82) is 0 Å². The molecule has 3 aliphatic rings. The Labute approximate surface area is 415 Å². The lowest BCUT2D eigenvalue weighted by molar-refractivity contribution is -0.193. The van der Waals surface area contributed by atoms with Crippen LogP contribution in [0.1, 0.15) is 78.1 Å². The number of hydrogen-bond acceptors (Lipinski definition) is 13. The van der Waals surface area contributed by atoms with Crippen LogP contribution in [0.2, 0.25) is 5.02 Å². The molecule has 4 heterocycles. The topological polar surface area (TPSA) is 220 Å². The average molecular weight is 1050 g/mol. The normalized spacial score (nSPS) is 15.6. The Morgan fingerprint density at radius 3 is 2.27 bits per heavy atom. The molecule has 5 N–H and O–H groups in total. The van der Waals surface area contributed by atoms with E-state index in [1.807, 2.05) is 34.2 Å². The molecule has 0 atom stereocenters.